The van der Waals surface area contributed by atoms with E-state index in [9.17, 15) is 34.1 Å². The predicted octanol–water partition coefficient (Wildman–Crippen LogP) is 10.3. The van der Waals surface area contributed by atoms with Gasteiger partial charge in [-0.25, -0.2) is 9.36 Å². The Balaban J connectivity index is 3.79. The monoisotopic (exact) mass is 764 g/mol. The maximum Gasteiger partial charge on any atom is 0.472 e. The molecule has 0 aromatic rings. The minimum absolute atomic E-state index is 0.153. The number of esters is 1. The summed E-state index contributed by atoms with van der Waals surface area (Å²) in [7, 11) is -4.74. The highest BCUT2D eigenvalue weighted by Gasteiger charge is 2.28. The van der Waals surface area contributed by atoms with Crippen LogP contribution in [0.15, 0.2) is 0 Å². The molecule has 0 aliphatic heterocycles. The molecule has 308 valence electrons. The van der Waals surface area contributed by atoms with Crippen molar-refractivity contribution >= 4 is 25.7 Å². The predicted molar refractivity (Wildman–Crippen MR) is 208 cm³/mol. The number of rotatable bonds is 40. The lowest BCUT2D eigenvalue weighted by Crippen LogP contribution is -2.43. The summed E-state index contributed by atoms with van der Waals surface area (Å²) in [5, 5.41) is 21.7. The first-order valence-corrected chi connectivity index (χ1v) is 22.6. The molecular formula is C40H78NO10P. The van der Waals surface area contributed by atoms with Gasteiger partial charge in [-0.15, -0.1) is 0 Å². The minimum Gasteiger partial charge on any atom is -0.480 e. The van der Waals surface area contributed by atoms with Crippen molar-refractivity contribution in [2.45, 2.75) is 219 Å². The van der Waals surface area contributed by atoms with Gasteiger partial charge < -0.3 is 25.2 Å². The van der Waals surface area contributed by atoms with Crippen LogP contribution in [0, 0.1) is 0 Å². The fraction of sp³-hybridized carbons (Fsp3) is 0.925. The Morgan fingerprint density at radius 2 is 0.885 bits per heavy atom. The largest absolute Gasteiger partial charge is 0.480 e. The molecule has 0 bridgehead atoms. The Morgan fingerprint density at radius 1 is 0.538 bits per heavy atom. The summed E-state index contributed by atoms with van der Waals surface area (Å²) in [6, 6.07) is -1.54. The van der Waals surface area contributed by atoms with Crippen LogP contribution < -0.4 is 5.32 Å². The van der Waals surface area contributed by atoms with Gasteiger partial charge in [-0.3, -0.25) is 18.6 Å². The zero-order valence-electron chi connectivity index (χ0n) is 33.1. The number of aliphatic carboxylic acids is 1. The Bertz CT molecular complexity index is 906. The number of aliphatic hydroxyl groups excluding tert-OH is 1. The van der Waals surface area contributed by atoms with E-state index in [4.69, 9.17) is 13.8 Å². The van der Waals surface area contributed by atoms with Crippen molar-refractivity contribution in [1.29, 1.82) is 0 Å². The third kappa shape index (κ3) is 35.5. The molecule has 0 saturated carbocycles. The van der Waals surface area contributed by atoms with Gasteiger partial charge >= 0.3 is 19.8 Å². The number of amides is 1. The molecule has 12 heteroatoms. The lowest BCUT2D eigenvalue weighted by Gasteiger charge is -2.18. The molecule has 0 rings (SSSR count). The van der Waals surface area contributed by atoms with E-state index in [1.54, 1.807) is 0 Å². The van der Waals surface area contributed by atoms with E-state index < -0.39 is 57.6 Å². The van der Waals surface area contributed by atoms with Gasteiger partial charge in [0.25, 0.3) is 0 Å². The molecule has 0 saturated heterocycles. The number of carboxylic acid groups (broad SMARTS) is 1. The molecular weight excluding hydrogens is 685 g/mol. The van der Waals surface area contributed by atoms with Gasteiger partial charge in [-0.2, -0.15) is 0 Å². The van der Waals surface area contributed by atoms with Crippen LogP contribution in [0.3, 0.4) is 0 Å². The molecule has 0 aliphatic rings. The second-order valence-electron chi connectivity index (χ2n) is 14.5. The van der Waals surface area contributed by atoms with Gasteiger partial charge in [-0.05, 0) is 12.8 Å². The summed E-state index contributed by atoms with van der Waals surface area (Å²) in [5.41, 5.74) is 0. The summed E-state index contributed by atoms with van der Waals surface area (Å²) in [4.78, 5) is 45.6. The number of unbranched alkanes of at least 4 members (excludes halogenated alkanes) is 26. The van der Waals surface area contributed by atoms with E-state index >= 15 is 0 Å². The Labute approximate surface area is 316 Å². The number of carboxylic acids is 1. The van der Waals surface area contributed by atoms with E-state index in [0.717, 1.165) is 44.9 Å². The number of aliphatic hydroxyl groups is 1. The fourth-order valence-corrected chi connectivity index (χ4v) is 6.85. The van der Waals surface area contributed by atoms with Crippen LogP contribution in [-0.4, -0.2) is 64.9 Å². The Morgan fingerprint density at radius 3 is 1.27 bits per heavy atom. The second kappa shape index (κ2) is 36.5. The molecule has 0 spiro atoms. The van der Waals surface area contributed by atoms with Crippen molar-refractivity contribution in [2.24, 2.45) is 0 Å². The highest BCUT2D eigenvalue weighted by Crippen LogP contribution is 2.43. The molecule has 0 radical (unpaired) electrons. The third-order valence-electron chi connectivity index (χ3n) is 9.40. The first kappa shape index (κ1) is 50.5. The lowest BCUT2D eigenvalue weighted by molar-refractivity contribution is -0.147. The average Bonchev–Trinajstić information content (AvgIpc) is 3.11. The van der Waals surface area contributed by atoms with Gasteiger partial charge in [0.05, 0.1) is 13.2 Å². The Hall–Kier alpha value is -1.52. The van der Waals surface area contributed by atoms with Gasteiger partial charge in [0.1, 0.15) is 12.7 Å². The zero-order valence-corrected chi connectivity index (χ0v) is 34.0. The SMILES string of the molecule is CCCCCCCCCCCCCCCCCCCCCCCCC(=O)NC(COP(=O)(O)OCC(O)COC(=O)CCCCCCCC)C(=O)O. The summed E-state index contributed by atoms with van der Waals surface area (Å²) in [6.45, 7) is 2.53. The number of hydrogen-bond donors (Lipinski definition) is 4. The van der Waals surface area contributed by atoms with E-state index in [-0.39, 0.29) is 12.8 Å². The number of phosphoric acid groups is 1. The molecule has 52 heavy (non-hydrogen) atoms. The van der Waals surface area contributed by atoms with Gasteiger partial charge in [0, 0.05) is 12.8 Å². The van der Waals surface area contributed by atoms with Crippen molar-refractivity contribution in [3.8, 4) is 0 Å². The van der Waals surface area contributed by atoms with Crippen molar-refractivity contribution < 1.29 is 47.8 Å². The van der Waals surface area contributed by atoms with Crippen LogP contribution in [0.1, 0.15) is 206 Å². The van der Waals surface area contributed by atoms with Gasteiger partial charge in [0.15, 0.2) is 6.04 Å². The first-order chi connectivity index (χ1) is 25.1. The van der Waals surface area contributed by atoms with Crippen molar-refractivity contribution in [1.82, 2.24) is 5.32 Å². The third-order valence-corrected chi connectivity index (χ3v) is 10.3. The standard InChI is InChI=1S/C40H78NO10P/c1-3-5-7-9-11-12-13-14-15-16-17-18-19-20-21-22-23-24-25-26-27-29-31-38(43)41-37(40(45)46)35-51-52(47,48)50-34-36(42)33-49-39(44)32-30-28-10-8-6-4-2/h36-37,42H,3-35H2,1-2H3,(H,41,43)(H,45,46)(H,47,48). The normalized spacial score (nSPS) is 13.8. The molecule has 3 unspecified atom stereocenters. The highest BCUT2D eigenvalue weighted by atomic mass is 31.2. The average molecular weight is 764 g/mol. The summed E-state index contributed by atoms with van der Waals surface area (Å²) in [5.74, 6) is -2.37. The number of carbonyl (C=O) groups is 3. The molecule has 0 aromatic carbocycles. The van der Waals surface area contributed by atoms with E-state index in [0.29, 0.717) is 12.8 Å². The van der Waals surface area contributed by atoms with Crippen molar-refractivity contribution in [3.05, 3.63) is 0 Å². The number of hydrogen-bond acceptors (Lipinski definition) is 8. The quantitative estimate of drug-likeness (QED) is 0.0268. The molecule has 0 fully saturated rings. The molecule has 1 amide bonds. The lowest BCUT2D eigenvalue weighted by atomic mass is 10.0. The van der Waals surface area contributed by atoms with E-state index in [2.05, 4.69) is 19.2 Å². The minimum atomic E-state index is -4.74. The number of ether oxygens (including phenoxy) is 1. The van der Waals surface area contributed by atoms with Crippen LogP contribution >= 0.6 is 7.82 Å². The topological polar surface area (TPSA) is 169 Å². The fourth-order valence-electron chi connectivity index (χ4n) is 6.08. The molecule has 3 atom stereocenters. The van der Waals surface area contributed by atoms with Crippen LogP contribution in [0.25, 0.3) is 0 Å². The number of nitrogens with one attached hydrogen (secondary N) is 1. The summed E-state index contributed by atoms with van der Waals surface area (Å²) in [6.07, 6.45) is 33.2. The molecule has 0 aliphatic carbocycles. The number of carbonyl (C=O) groups excluding carboxylic acids is 2. The smallest absolute Gasteiger partial charge is 0.472 e. The molecule has 0 aromatic heterocycles. The van der Waals surface area contributed by atoms with E-state index in [1.807, 2.05) is 0 Å². The summed E-state index contributed by atoms with van der Waals surface area (Å²) < 4.78 is 26.6. The first-order valence-electron chi connectivity index (χ1n) is 21.1. The molecule has 4 N–H and O–H groups in total. The van der Waals surface area contributed by atoms with E-state index in [1.165, 1.54) is 122 Å². The van der Waals surface area contributed by atoms with Gasteiger partial charge in [0.2, 0.25) is 5.91 Å². The van der Waals surface area contributed by atoms with Crippen LogP contribution in [-0.2, 0) is 32.7 Å². The van der Waals surface area contributed by atoms with Crippen molar-refractivity contribution in [2.75, 3.05) is 19.8 Å². The van der Waals surface area contributed by atoms with Crippen LogP contribution in [0.2, 0.25) is 0 Å². The van der Waals surface area contributed by atoms with Crippen molar-refractivity contribution in [3.63, 3.8) is 0 Å². The highest BCUT2D eigenvalue weighted by molar-refractivity contribution is 7.47. The number of phosphoric ester groups is 1. The van der Waals surface area contributed by atoms with Crippen LogP contribution in [0.4, 0.5) is 0 Å². The second-order valence-corrected chi connectivity index (χ2v) is 16.0. The summed E-state index contributed by atoms with van der Waals surface area (Å²) >= 11 is 0. The maximum absolute atomic E-state index is 12.3. The molecule has 0 heterocycles. The molecule has 11 nitrogen and oxygen atoms in total. The maximum atomic E-state index is 12.3. The Kier molecular flexibility index (Phi) is 35.4. The van der Waals surface area contributed by atoms with Crippen LogP contribution in [0.5, 0.6) is 0 Å². The zero-order chi connectivity index (χ0) is 38.5. The van der Waals surface area contributed by atoms with Gasteiger partial charge in [-0.1, -0.05) is 181 Å².